The van der Waals surface area contributed by atoms with Crippen molar-refractivity contribution in [3.8, 4) is 0 Å². The number of aryl methyl sites for hydroxylation is 1. The Morgan fingerprint density at radius 1 is 1.53 bits per heavy atom. The minimum Gasteiger partial charge on any atom is -0.426 e. The Labute approximate surface area is 116 Å². The highest BCUT2D eigenvalue weighted by atomic mass is 35.5. The van der Waals surface area contributed by atoms with E-state index in [2.05, 4.69) is 10.2 Å². The minimum absolute atomic E-state index is 0.203. The molecule has 0 saturated heterocycles. The lowest BCUT2D eigenvalue weighted by molar-refractivity contribution is -0.118. The van der Waals surface area contributed by atoms with Gasteiger partial charge in [-0.25, -0.2) is 0 Å². The molecule has 1 amide bonds. The van der Waals surface area contributed by atoms with Crippen LogP contribution in [0.25, 0.3) is 0 Å². The van der Waals surface area contributed by atoms with Gasteiger partial charge in [-0.2, -0.15) is 0 Å². The molecule has 19 heavy (non-hydrogen) atoms. The van der Waals surface area contributed by atoms with E-state index in [1.54, 1.807) is 6.92 Å². The van der Waals surface area contributed by atoms with Gasteiger partial charge in [0.15, 0.2) is 0 Å². The van der Waals surface area contributed by atoms with Crippen LogP contribution in [-0.2, 0) is 11.3 Å². The zero-order valence-electron chi connectivity index (χ0n) is 10.7. The van der Waals surface area contributed by atoms with Crippen LogP contribution in [-0.4, -0.2) is 21.5 Å². The van der Waals surface area contributed by atoms with E-state index in [1.807, 2.05) is 31.2 Å². The summed E-state index contributed by atoms with van der Waals surface area (Å²) in [5.74, 6) is 0.164. The van der Waals surface area contributed by atoms with Gasteiger partial charge < -0.3 is 9.32 Å². The SMILES string of the molecule is Cc1cccc(N(Cc2nnco2)C(=O)C(C)Cl)c1. The van der Waals surface area contributed by atoms with E-state index in [4.69, 9.17) is 16.0 Å². The van der Waals surface area contributed by atoms with Gasteiger partial charge in [-0.15, -0.1) is 21.8 Å². The summed E-state index contributed by atoms with van der Waals surface area (Å²) in [6.45, 7) is 3.81. The predicted molar refractivity (Wildman–Crippen MR) is 72.0 cm³/mol. The summed E-state index contributed by atoms with van der Waals surface area (Å²) >= 11 is 5.89. The van der Waals surface area contributed by atoms with Crippen LogP contribution in [0.4, 0.5) is 5.69 Å². The molecule has 6 heteroatoms. The first kappa shape index (κ1) is 13.5. The minimum atomic E-state index is -0.622. The fourth-order valence-electron chi connectivity index (χ4n) is 1.71. The number of alkyl halides is 1. The highest BCUT2D eigenvalue weighted by Gasteiger charge is 2.22. The van der Waals surface area contributed by atoms with Crippen LogP contribution < -0.4 is 4.90 Å². The molecule has 0 aliphatic heterocycles. The summed E-state index contributed by atoms with van der Waals surface area (Å²) in [5.41, 5.74) is 1.82. The van der Waals surface area contributed by atoms with E-state index < -0.39 is 5.38 Å². The Hall–Kier alpha value is -1.88. The fraction of sp³-hybridized carbons (Fsp3) is 0.308. The molecule has 0 fully saturated rings. The van der Waals surface area contributed by atoms with Gasteiger partial charge in [0.2, 0.25) is 18.2 Å². The maximum atomic E-state index is 12.2. The van der Waals surface area contributed by atoms with Gasteiger partial charge in [-0.3, -0.25) is 4.79 Å². The van der Waals surface area contributed by atoms with Crippen molar-refractivity contribution >= 4 is 23.2 Å². The molecule has 0 spiro atoms. The summed E-state index contributed by atoms with van der Waals surface area (Å²) < 4.78 is 5.09. The molecule has 0 bridgehead atoms. The molecule has 2 aromatic rings. The molecule has 1 atom stereocenters. The van der Waals surface area contributed by atoms with Crippen LogP contribution in [0.1, 0.15) is 18.4 Å². The molecule has 0 aliphatic carbocycles. The topological polar surface area (TPSA) is 59.2 Å². The molecule has 100 valence electrons. The van der Waals surface area contributed by atoms with Crippen molar-refractivity contribution in [3.63, 3.8) is 0 Å². The highest BCUT2D eigenvalue weighted by Crippen LogP contribution is 2.20. The molecule has 1 heterocycles. The summed E-state index contributed by atoms with van der Waals surface area (Å²) in [4.78, 5) is 13.7. The van der Waals surface area contributed by atoms with Crippen molar-refractivity contribution in [1.82, 2.24) is 10.2 Å². The normalized spacial score (nSPS) is 12.2. The van der Waals surface area contributed by atoms with Crippen LogP contribution in [0.2, 0.25) is 0 Å². The van der Waals surface area contributed by atoms with Crippen molar-refractivity contribution in [2.45, 2.75) is 25.8 Å². The van der Waals surface area contributed by atoms with Crippen LogP contribution in [0.15, 0.2) is 35.1 Å². The number of carbonyl (C=O) groups excluding carboxylic acids is 1. The lowest BCUT2D eigenvalue weighted by atomic mass is 10.2. The Bertz CT molecular complexity index is 555. The van der Waals surface area contributed by atoms with Gasteiger partial charge in [0.1, 0.15) is 11.9 Å². The second-order valence-corrected chi connectivity index (χ2v) is 4.87. The van der Waals surface area contributed by atoms with Gasteiger partial charge in [-0.05, 0) is 31.5 Å². The van der Waals surface area contributed by atoms with Crippen molar-refractivity contribution in [3.05, 3.63) is 42.1 Å². The van der Waals surface area contributed by atoms with E-state index in [9.17, 15) is 4.79 Å². The van der Waals surface area contributed by atoms with E-state index in [0.717, 1.165) is 11.3 Å². The molecule has 1 unspecified atom stereocenters. The molecular formula is C13H14ClN3O2. The number of hydrogen-bond donors (Lipinski definition) is 0. The Kier molecular flexibility index (Phi) is 4.16. The lowest BCUT2D eigenvalue weighted by Crippen LogP contribution is -2.35. The number of benzene rings is 1. The second-order valence-electron chi connectivity index (χ2n) is 4.21. The Morgan fingerprint density at radius 3 is 2.89 bits per heavy atom. The highest BCUT2D eigenvalue weighted by molar-refractivity contribution is 6.32. The second kappa shape index (κ2) is 5.84. The zero-order chi connectivity index (χ0) is 13.8. The molecule has 0 aliphatic rings. The first-order chi connectivity index (χ1) is 9.08. The van der Waals surface area contributed by atoms with Gasteiger partial charge in [0.25, 0.3) is 0 Å². The van der Waals surface area contributed by atoms with Gasteiger partial charge in [0.05, 0.1) is 0 Å². The standard InChI is InChI=1S/C13H14ClN3O2/c1-9-4-3-5-11(6-9)17(13(18)10(2)14)7-12-16-15-8-19-12/h3-6,8,10H,7H2,1-2H3. The van der Waals surface area contributed by atoms with E-state index >= 15 is 0 Å². The molecule has 0 N–H and O–H groups in total. The number of hydrogen-bond acceptors (Lipinski definition) is 4. The van der Waals surface area contributed by atoms with Crippen molar-refractivity contribution in [2.24, 2.45) is 0 Å². The molecular weight excluding hydrogens is 266 g/mol. The molecule has 2 rings (SSSR count). The van der Waals surface area contributed by atoms with Gasteiger partial charge >= 0.3 is 0 Å². The van der Waals surface area contributed by atoms with E-state index in [1.165, 1.54) is 11.3 Å². The number of nitrogens with zero attached hydrogens (tertiary/aromatic N) is 3. The molecule has 5 nitrogen and oxygen atoms in total. The number of carbonyl (C=O) groups is 1. The first-order valence-electron chi connectivity index (χ1n) is 5.85. The number of amides is 1. The number of aromatic nitrogens is 2. The number of anilines is 1. The van der Waals surface area contributed by atoms with Crippen molar-refractivity contribution in [2.75, 3.05) is 4.90 Å². The van der Waals surface area contributed by atoms with Crippen molar-refractivity contribution < 1.29 is 9.21 Å². The quantitative estimate of drug-likeness (QED) is 0.807. The van der Waals surface area contributed by atoms with E-state index in [-0.39, 0.29) is 12.5 Å². The third-order valence-electron chi connectivity index (χ3n) is 2.62. The Balaban J connectivity index is 2.31. The molecule has 0 radical (unpaired) electrons. The van der Waals surface area contributed by atoms with Gasteiger partial charge in [0, 0.05) is 5.69 Å². The Morgan fingerprint density at radius 2 is 2.32 bits per heavy atom. The van der Waals surface area contributed by atoms with Crippen LogP contribution >= 0.6 is 11.6 Å². The smallest absolute Gasteiger partial charge is 0.245 e. The largest absolute Gasteiger partial charge is 0.426 e. The van der Waals surface area contributed by atoms with Crippen LogP contribution in [0.3, 0.4) is 0 Å². The van der Waals surface area contributed by atoms with Crippen LogP contribution in [0.5, 0.6) is 0 Å². The van der Waals surface area contributed by atoms with Gasteiger partial charge in [-0.1, -0.05) is 12.1 Å². The molecule has 1 aromatic carbocycles. The average molecular weight is 280 g/mol. The number of rotatable bonds is 4. The maximum Gasteiger partial charge on any atom is 0.245 e. The zero-order valence-corrected chi connectivity index (χ0v) is 11.5. The summed E-state index contributed by atoms with van der Waals surface area (Å²) in [5, 5.41) is 6.77. The van der Waals surface area contributed by atoms with E-state index in [0.29, 0.717) is 5.89 Å². The summed E-state index contributed by atoms with van der Waals surface area (Å²) in [6, 6.07) is 7.61. The molecule has 0 saturated carbocycles. The maximum absolute atomic E-state index is 12.2. The first-order valence-corrected chi connectivity index (χ1v) is 6.28. The fourth-order valence-corrected chi connectivity index (χ4v) is 1.82. The third kappa shape index (κ3) is 3.32. The average Bonchev–Trinajstić information content (AvgIpc) is 2.88. The van der Waals surface area contributed by atoms with Crippen LogP contribution in [0, 0.1) is 6.92 Å². The van der Waals surface area contributed by atoms with Crippen molar-refractivity contribution in [1.29, 1.82) is 0 Å². The number of halogens is 1. The third-order valence-corrected chi connectivity index (χ3v) is 2.80. The lowest BCUT2D eigenvalue weighted by Gasteiger charge is -2.22. The summed E-state index contributed by atoms with van der Waals surface area (Å²) in [7, 11) is 0. The molecule has 1 aromatic heterocycles. The predicted octanol–water partition coefficient (Wildman–Crippen LogP) is 2.54. The summed E-state index contributed by atoms with van der Waals surface area (Å²) in [6.07, 6.45) is 1.23. The monoisotopic (exact) mass is 279 g/mol.